The average molecular weight is 359 g/mol. The first kappa shape index (κ1) is 16.9. The van der Waals surface area contributed by atoms with Crippen molar-refractivity contribution in [2.45, 2.75) is 50.8 Å². The van der Waals surface area contributed by atoms with Crippen LogP contribution in [-0.4, -0.2) is 46.1 Å². The number of rotatable bonds is 7. The summed E-state index contributed by atoms with van der Waals surface area (Å²) in [6.07, 6.45) is 3.69. The molecule has 1 aromatic carbocycles. The summed E-state index contributed by atoms with van der Waals surface area (Å²) in [5.74, 6) is 1.64. The molecule has 2 heterocycles. The summed E-state index contributed by atoms with van der Waals surface area (Å²) >= 11 is 1.49. The number of nitrogens with zero attached hydrogens (tertiary/aromatic N) is 3. The zero-order chi connectivity index (χ0) is 17.1. The van der Waals surface area contributed by atoms with Crippen LogP contribution in [0.4, 0.5) is 5.13 Å². The molecule has 134 valence electrons. The summed E-state index contributed by atoms with van der Waals surface area (Å²) in [6, 6.07) is 11.0. The fraction of sp³-hybridized carbons (Fsp3) is 0.579. The van der Waals surface area contributed by atoms with Crippen molar-refractivity contribution in [2.24, 2.45) is 0 Å². The van der Waals surface area contributed by atoms with Crippen LogP contribution in [-0.2, 0) is 11.3 Å². The zero-order valence-electron chi connectivity index (χ0n) is 14.7. The molecule has 0 spiro atoms. The Balaban J connectivity index is 1.36. The number of aromatic nitrogens is 2. The van der Waals surface area contributed by atoms with Crippen molar-refractivity contribution in [2.75, 3.05) is 25.0 Å². The summed E-state index contributed by atoms with van der Waals surface area (Å²) in [5.41, 5.74) is 1.36. The van der Waals surface area contributed by atoms with Crippen LogP contribution in [0.1, 0.15) is 43.5 Å². The minimum absolute atomic E-state index is 0.190. The fourth-order valence-electron chi connectivity index (χ4n) is 3.38. The normalized spacial score (nSPS) is 22.7. The molecule has 4 rings (SSSR count). The molecule has 0 amide bonds. The van der Waals surface area contributed by atoms with Gasteiger partial charge in [-0.1, -0.05) is 37.3 Å². The monoisotopic (exact) mass is 358 g/mol. The molecule has 2 unspecified atom stereocenters. The molecule has 0 bridgehead atoms. The van der Waals surface area contributed by atoms with E-state index in [1.165, 1.54) is 29.9 Å². The topological polar surface area (TPSA) is 50.3 Å². The van der Waals surface area contributed by atoms with Gasteiger partial charge in [0.15, 0.2) is 0 Å². The minimum Gasteiger partial charge on any atom is -0.373 e. The number of anilines is 1. The molecular weight excluding hydrogens is 332 g/mol. The minimum atomic E-state index is 0.190. The average Bonchev–Trinajstić information content (AvgIpc) is 3.40. The van der Waals surface area contributed by atoms with Gasteiger partial charge in [0.25, 0.3) is 0 Å². The maximum atomic E-state index is 6.09. The summed E-state index contributed by atoms with van der Waals surface area (Å²) in [4.78, 5) is 7.16. The van der Waals surface area contributed by atoms with Crippen molar-refractivity contribution in [1.29, 1.82) is 0 Å². The zero-order valence-corrected chi connectivity index (χ0v) is 15.5. The highest BCUT2D eigenvalue weighted by Gasteiger charge is 2.30. The van der Waals surface area contributed by atoms with E-state index in [1.54, 1.807) is 0 Å². The van der Waals surface area contributed by atoms with E-state index in [2.05, 4.69) is 56.8 Å². The lowest BCUT2D eigenvalue weighted by Crippen LogP contribution is -2.49. The van der Waals surface area contributed by atoms with Gasteiger partial charge < -0.3 is 10.1 Å². The molecule has 6 heteroatoms. The molecule has 2 atom stereocenters. The van der Waals surface area contributed by atoms with Crippen LogP contribution in [0.25, 0.3) is 0 Å². The predicted molar refractivity (Wildman–Crippen MR) is 101 cm³/mol. The van der Waals surface area contributed by atoms with Crippen molar-refractivity contribution in [3.8, 4) is 0 Å². The van der Waals surface area contributed by atoms with Gasteiger partial charge in [-0.25, -0.2) is 4.98 Å². The van der Waals surface area contributed by atoms with Gasteiger partial charge in [-0.2, -0.15) is 4.37 Å². The second-order valence-corrected chi connectivity index (χ2v) is 7.77. The van der Waals surface area contributed by atoms with Gasteiger partial charge in [0, 0.05) is 37.1 Å². The van der Waals surface area contributed by atoms with E-state index in [1.807, 2.05) is 0 Å². The molecule has 1 N–H and O–H groups in total. The molecule has 1 aromatic heterocycles. The molecule has 2 aliphatic rings. The Morgan fingerprint density at radius 2 is 2.16 bits per heavy atom. The second kappa shape index (κ2) is 7.81. The van der Waals surface area contributed by atoms with Gasteiger partial charge >= 0.3 is 0 Å². The fourth-order valence-corrected chi connectivity index (χ4v) is 4.09. The molecule has 0 radical (unpaired) electrons. The van der Waals surface area contributed by atoms with Gasteiger partial charge in [-0.3, -0.25) is 4.90 Å². The first-order valence-electron chi connectivity index (χ1n) is 9.30. The Morgan fingerprint density at radius 3 is 2.92 bits per heavy atom. The third-order valence-corrected chi connectivity index (χ3v) is 5.67. The lowest BCUT2D eigenvalue weighted by atomic mass is 10.1. The van der Waals surface area contributed by atoms with Crippen LogP contribution in [0.2, 0.25) is 0 Å². The standard InChI is InChI=1S/C19H26N4OS/c1-2-16(20-19-21-18(22-25-19)15-8-9-15)17-13-23(10-11-24-17)12-14-6-4-3-5-7-14/h3-7,15-17H,2,8-13H2,1H3,(H,20,21,22). The highest BCUT2D eigenvalue weighted by molar-refractivity contribution is 7.09. The Hall–Kier alpha value is -1.50. The van der Waals surface area contributed by atoms with Gasteiger partial charge in [-0.05, 0) is 24.8 Å². The molecule has 1 saturated carbocycles. The number of hydrogen-bond donors (Lipinski definition) is 1. The summed E-state index contributed by atoms with van der Waals surface area (Å²) in [7, 11) is 0. The molecule has 1 saturated heterocycles. The Bertz CT molecular complexity index is 673. The van der Waals surface area contributed by atoms with Crippen molar-refractivity contribution >= 4 is 16.7 Å². The van der Waals surface area contributed by atoms with E-state index >= 15 is 0 Å². The second-order valence-electron chi connectivity index (χ2n) is 7.02. The highest BCUT2D eigenvalue weighted by atomic mass is 32.1. The quantitative estimate of drug-likeness (QED) is 0.821. The van der Waals surface area contributed by atoms with E-state index in [-0.39, 0.29) is 12.1 Å². The van der Waals surface area contributed by atoms with Crippen LogP contribution >= 0.6 is 11.5 Å². The van der Waals surface area contributed by atoms with Gasteiger partial charge in [-0.15, -0.1) is 0 Å². The van der Waals surface area contributed by atoms with Crippen LogP contribution in [0.3, 0.4) is 0 Å². The van der Waals surface area contributed by atoms with Crippen molar-refractivity contribution < 1.29 is 4.74 Å². The van der Waals surface area contributed by atoms with Crippen LogP contribution < -0.4 is 5.32 Å². The molecule has 25 heavy (non-hydrogen) atoms. The van der Waals surface area contributed by atoms with Crippen molar-refractivity contribution in [3.63, 3.8) is 0 Å². The third kappa shape index (κ3) is 4.37. The predicted octanol–water partition coefficient (Wildman–Crippen LogP) is 3.51. The Kier molecular flexibility index (Phi) is 5.29. The largest absolute Gasteiger partial charge is 0.373 e. The van der Waals surface area contributed by atoms with E-state index in [0.717, 1.165) is 43.6 Å². The van der Waals surface area contributed by atoms with E-state index in [0.29, 0.717) is 5.92 Å². The number of nitrogens with one attached hydrogen (secondary N) is 1. The summed E-state index contributed by atoms with van der Waals surface area (Å²) < 4.78 is 10.6. The molecule has 1 aliphatic carbocycles. The van der Waals surface area contributed by atoms with E-state index in [9.17, 15) is 0 Å². The SMILES string of the molecule is CCC(Nc1nc(C2CC2)ns1)C1CN(Cc2ccccc2)CCO1. The molecular formula is C19H26N4OS. The third-order valence-electron chi connectivity index (χ3n) is 5.01. The highest BCUT2D eigenvalue weighted by Crippen LogP contribution is 2.39. The van der Waals surface area contributed by atoms with E-state index in [4.69, 9.17) is 4.74 Å². The maximum Gasteiger partial charge on any atom is 0.202 e. The first-order valence-corrected chi connectivity index (χ1v) is 10.1. The van der Waals surface area contributed by atoms with E-state index < -0.39 is 0 Å². The Labute approximate surface area is 153 Å². The van der Waals surface area contributed by atoms with Crippen LogP contribution in [0.5, 0.6) is 0 Å². The number of ether oxygens (including phenoxy) is 1. The number of benzene rings is 1. The van der Waals surface area contributed by atoms with Gasteiger partial charge in [0.05, 0.1) is 18.8 Å². The van der Waals surface area contributed by atoms with Crippen molar-refractivity contribution in [3.05, 3.63) is 41.7 Å². The smallest absolute Gasteiger partial charge is 0.202 e. The number of hydrogen-bond acceptors (Lipinski definition) is 6. The van der Waals surface area contributed by atoms with Gasteiger partial charge in [0.1, 0.15) is 5.82 Å². The molecule has 5 nitrogen and oxygen atoms in total. The van der Waals surface area contributed by atoms with Gasteiger partial charge in [0.2, 0.25) is 5.13 Å². The summed E-state index contributed by atoms with van der Waals surface area (Å²) in [6.45, 7) is 5.93. The first-order chi connectivity index (χ1) is 12.3. The lowest BCUT2D eigenvalue weighted by molar-refractivity contribution is -0.0402. The molecule has 2 aromatic rings. The summed E-state index contributed by atoms with van der Waals surface area (Å²) in [5, 5.41) is 4.52. The molecule has 2 fully saturated rings. The van der Waals surface area contributed by atoms with Crippen molar-refractivity contribution in [1.82, 2.24) is 14.3 Å². The number of morpholine rings is 1. The van der Waals surface area contributed by atoms with Crippen LogP contribution in [0.15, 0.2) is 30.3 Å². The van der Waals surface area contributed by atoms with Crippen LogP contribution in [0, 0.1) is 0 Å². The lowest BCUT2D eigenvalue weighted by Gasteiger charge is -2.37. The molecule has 1 aliphatic heterocycles. The maximum absolute atomic E-state index is 6.09. The Morgan fingerprint density at radius 1 is 1.32 bits per heavy atom.